The number of hydrogen-bond acceptors (Lipinski definition) is 6. The van der Waals surface area contributed by atoms with Crippen molar-refractivity contribution in [3.8, 4) is 11.3 Å². The number of thiazole rings is 1. The van der Waals surface area contributed by atoms with E-state index in [0.29, 0.717) is 42.4 Å². The molecule has 1 spiro atoms. The minimum Gasteiger partial charge on any atom is -0.347 e. The van der Waals surface area contributed by atoms with Crippen LogP contribution in [0.4, 0.5) is 10.8 Å². The van der Waals surface area contributed by atoms with Gasteiger partial charge < -0.3 is 20.1 Å². The highest BCUT2D eigenvalue weighted by Gasteiger charge is 2.63. The zero-order valence-corrected chi connectivity index (χ0v) is 23.8. The number of amides is 2. The van der Waals surface area contributed by atoms with Crippen molar-refractivity contribution < 1.29 is 19.1 Å². The molecule has 3 aliphatic carbocycles. The second-order valence-electron chi connectivity index (χ2n) is 11.5. The van der Waals surface area contributed by atoms with Gasteiger partial charge in [0.25, 0.3) is 5.91 Å². The number of nitrogens with zero attached hydrogens (tertiary/aromatic N) is 1. The van der Waals surface area contributed by atoms with Gasteiger partial charge in [-0.15, -0.1) is 11.3 Å². The molecule has 41 heavy (non-hydrogen) atoms. The lowest BCUT2D eigenvalue weighted by Crippen LogP contribution is -2.56. The van der Waals surface area contributed by atoms with E-state index in [1.807, 2.05) is 60.8 Å². The number of ether oxygens (including phenoxy) is 2. The molecule has 3 unspecified atom stereocenters. The zero-order chi connectivity index (χ0) is 28.2. The summed E-state index contributed by atoms with van der Waals surface area (Å²) >= 11 is 1.39. The Morgan fingerprint density at radius 3 is 2.39 bits per heavy atom. The van der Waals surface area contributed by atoms with Gasteiger partial charge in [0.2, 0.25) is 5.91 Å². The van der Waals surface area contributed by atoms with Crippen molar-refractivity contribution in [2.24, 2.45) is 5.41 Å². The van der Waals surface area contributed by atoms with Crippen LogP contribution in [0.1, 0.15) is 58.6 Å². The average molecular weight is 566 g/mol. The molecule has 2 N–H and O–H groups in total. The number of carbonyl (C=O) groups excluding carboxylic acids is 2. The Bertz CT molecular complexity index is 1640. The molecule has 2 bridgehead atoms. The second kappa shape index (κ2) is 9.91. The van der Waals surface area contributed by atoms with Gasteiger partial charge in [0.05, 0.1) is 24.3 Å². The van der Waals surface area contributed by atoms with Crippen LogP contribution in [-0.4, -0.2) is 35.8 Å². The molecule has 1 aromatic heterocycles. The molecule has 0 radical (unpaired) electrons. The van der Waals surface area contributed by atoms with Crippen LogP contribution in [0.25, 0.3) is 11.3 Å². The Morgan fingerprint density at radius 1 is 0.902 bits per heavy atom. The van der Waals surface area contributed by atoms with Gasteiger partial charge >= 0.3 is 0 Å². The van der Waals surface area contributed by atoms with Crippen LogP contribution in [0.3, 0.4) is 0 Å². The molecule has 2 heterocycles. The standard InChI is InChI=1S/C33H31N3O4S/c1-20-10-12-23(13-11-20)34-29(37)22-7-5-6-21(16-22)28-19-41-31(35-28)36-30(38)32(2)17-27-25-9-4-3-8-24(25)26(32)18-33(27)39-14-15-40-33/h3-13,16,19,26-27H,14-15,17-18H2,1-2H3,(H,34,37)(H,35,36,38). The molecule has 4 aromatic rings. The van der Waals surface area contributed by atoms with Gasteiger partial charge in [-0.3, -0.25) is 9.59 Å². The molecule has 7 nitrogen and oxygen atoms in total. The van der Waals surface area contributed by atoms with Gasteiger partial charge in [-0.25, -0.2) is 4.98 Å². The van der Waals surface area contributed by atoms with Crippen molar-refractivity contribution in [3.05, 3.63) is 100 Å². The topological polar surface area (TPSA) is 89.6 Å². The number of rotatable bonds is 5. The Morgan fingerprint density at radius 2 is 1.63 bits per heavy atom. The molecule has 4 aliphatic rings. The first-order chi connectivity index (χ1) is 19.8. The lowest BCUT2D eigenvalue weighted by Gasteiger charge is -2.56. The molecule has 1 saturated heterocycles. The third-order valence-electron chi connectivity index (χ3n) is 8.91. The number of hydrogen-bond donors (Lipinski definition) is 2. The smallest absolute Gasteiger partial charge is 0.255 e. The summed E-state index contributed by atoms with van der Waals surface area (Å²) in [4.78, 5) is 31.5. The number of nitrogens with one attached hydrogen (secondary N) is 2. The van der Waals surface area contributed by atoms with Crippen molar-refractivity contribution >= 4 is 34.0 Å². The van der Waals surface area contributed by atoms with Gasteiger partial charge in [-0.2, -0.15) is 0 Å². The second-order valence-corrected chi connectivity index (χ2v) is 12.3. The van der Waals surface area contributed by atoms with Crippen LogP contribution in [0, 0.1) is 12.3 Å². The van der Waals surface area contributed by atoms with Gasteiger partial charge in [0, 0.05) is 40.5 Å². The molecule has 2 fully saturated rings. The molecule has 8 heteroatoms. The van der Waals surface area contributed by atoms with Gasteiger partial charge in [-0.05, 0) is 48.7 Å². The van der Waals surface area contributed by atoms with E-state index >= 15 is 0 Å². The Balaban J connectivity index is 1.09. The fourth-order valence-electron chi connectivity index (χ4n) is 6.72. The summed E-state index contributed by atoms with van der Waals surface area (Å²) in [6, 6.07) is 23.5. The number of carbonyl (C=O) groups is 2. The van der Waals surface area contributed by atoms with Crippen molar-refractivity contribution in [1.82, 2.24) is 4.98 Å². The summed E-state index contributed by atoms with van der Waals surface area (Å²) in [5, 5.41) is 8.51. The summed E-state index contributed by atoms with van der Waals surface area (Å²) in [7, 11) is 0. The van der Waals surface area contributed by atoms with E-state index in [9.17, 15) is 9.59 Å². The molecule has 2 amide bonds. The largest absolute Gasteiger partial charge is 0.347 e. The molecule has 3 atom stereocenters. The number of benzene rings is 3. The maximum Gasteiger partial charge on any atom is 0.255 e. The summed E-state index contributed by atoms with van der Waals surface area (Å²) in [6.07, 6.45) is 1.32. The predicted octanol–water partition coefficient (Wildman–Crippen LogP) is 6.73. The van der Waals surface area contributed by atoms with E-state index < -0.39 is 11.2 Å². The molecule has 8 rings (SSSR count). The Labute approximate surface area is 242 Å². The SMILES string of the molecule is Cc1ccc(NC(=O)c2cccc(-c3csc(NC(=O)C4(C)CC5c6ccccc6C4CC54OCCO4)n3)c2)cc1. The highest BCUT2D eigenvalue weighted by molar-refractivity contribution is 7.14. The summed E-state index contributed by atoms with van der Waals surface area (Å²) in [6.45, 7) is 5.24. The summed E-state index contributed by atoms with van der Waals surface area (Å²) in [5.41, 5.74) is 5.76. The Kier molecular flexibility index (Phi) is 6.30. The summed E-state index contributed by atoms with van der Waals surface area (Å²) in [5.74, 6) is -0.883. The number of fused-ring (bicyclic) bond motifs is 1. The van der Waals surface area contributed by atoms with Gasteiger partial charge in [-0.1, -0.05) is 61.0 Å². The van der Waals surface area contributed by atoms with E-state index in [1.54, 1.807) is 6.07 Å². The molecular formula is C33H31N3O4S. The van der Waals surface area contributed by atoms with Crippen molar-refractivity contribution in [1.29, 1.82) is 0 Å². The fourth-order valence-corrected chi connectivity index (χ4v) is 7.44. The Hall–Kier alpha value is -3.85. The average Bonchev–Trinajstić information content (AvgIpc) is 3.66. The monoisotopic (exact) mass is 565 g/mol. The van der Waals surface area contributed by atoms with Crippen LogP contribution < -0.4 is 10.6 Å². The fraction of sp³-hybridized carbons (Fsp3) is 0.303. The van der Waals surface area contributed by atoms with Crippen LogP contribution in [0.15, 0.2) is 78.2 Å². The van der Waals surface area contributed by atoms with Crippen molar-refractivity contribution in [2.75, 3.05) is 23.8 Å². The maximum atomic E-state index is 13.9. The van der Waals surface area contributed by atoms with Crippen molar-refractivity contribution in [2.45, 2.75) is 44.3 Å². The number of aromatic nitrogens is 1. The molecule has 208 valence electrons. The highest BCUT2D eigenvalue weighted by atomic mass is 32.1. The molecule has 3 aromatic carbocycles. The lowest BCUT2D eigenvalue weighted by molar-refractivity contribution is -0.216. The molecule has 1 saturated carbocycles. The molecule has 1 aliphatic heterocycles. The van der Waals surface area contributed by atoms with Crippen LogP contribution in [0.2, 0.25) is 0 Å². The van der Waals surface area contributed by atoms with E-state index in [4.69, 9.17) is 14.5 Å². The normalized spacial score (nSPS) is 23.8. The van der Waals surface area contributed by atoms with Gasteiger partial charge in [0.15, 0.2) is 10.9 Å². The number of anilines is 2. The van der Waals surface area contributed by atoms with Gasteiger partial charge in [0.1, 0.15) is 0 Å². The first kappa shape index (κ1) is 26.1. The van der Waals surface area contributed by atoms with E-state index in [1.165, 1.54) is 22.5 Å². The molecular weight excluding hydrogens is 534 g/mol. The predicted molar refractivity (Wildman–Crippen MR) is 159 cm³/mol. The van der Waals surface area contributed by atoms with Crippen LogP contribution in [-0.2, 0) is 14.3 Å². The lowest BCUT2D eigenvalue weighted by atomic mass is 9.52. The van der Waals surface area contributed by atoms with E-state index in [2.05, 4.69) is 35.8 Å². The third kappa shape index (κ3) is 4.47. The van der Waals surface area contributed by atoms with Crippen molar-refractivity contribution in [3.63, 3.8) is 0 Å². The first-order valence-electron chi connectivity index (χ1n) is 14.0. The highest BCUT2D eigenvalue weighted by Crippen LogP contribution is 2.64. The zero-order valence-electron chi connectivity index (χ0n) is 23.0. The minimum atomic E-state index is -0.635. The third-order valence-corrected chi connectivity index (χ3v) is 9.67. The quantitative estimate of drug-likeness (QED) is 0.280. The maximum absolute atomic E-state index is 13.9. The van der Waals surface area contributed by atoms with Crippen LogP contribution in [0.5, 0.6) is 0 Å². The van der Waals surface area contributed by atoms with E-state index in [-0.39, 0.29) is 23.7 Å². The number of aryl methyl sites for hydroxylation is 1. The first-order valence-corrected chi connectivity index (χ1v) is 14.8. The minimum absolute atomic E-state index is 0.00241. The van der Waals surface area contributed by atoms with E-state index in [0.717, 1.165) is 16.8 Å². The summed E-state index contributed by atoms with van der Waals surface area (Å²) < 4.78 is 12.4. The van der Waals surface area contributed by atoms with Crippen LogP contribution >= 0.6 is 11.3 Å².